The van der Waals surface area contributed by atoms with Gasteiger partial charge in [-0.3, -0.25) is 4.98 Å². The number of hydrogen-bond acceptors (Lipinski definition) is 5. The van der Waals surface area contributed by atoms with Crippen LogP contribution >= 0.6 is 0 Å². The molecule has 0 aliphatic rings. The molecule has 0 aliphatic carbocycles. The molecule has 2 aromatic carbocycles. The normalized spacial score (nSPS) is 10.8. The van der Waals surface area contributed by atoms with Crippen LogP contribution in [0.4, 0.5) is 5.82 Å². The average molecular weight is 384 g/mol. The van der Waals surface area contributed by atoms with Crippen molar-refractivity contribution >= 4 is 16.7 Å². The monoisotopic (exact) mass is 384 g/mol. The Bertz CT molecular complexity index is 1100. The van der Waals surface area contributed by atoms with Gasteiger partial charge < -0.3 is 9.64 Å². The smallest absolute Gasteiger partial charge is 0.163 e. The van der Waals surface area contributed by atoms with Gasteiger partial charge in [-0.1, -0.05) is 37.3 Å². The highest BCUT2D eigenvalue weighted by atomic mass is 16.5. The number of fused-ring (bicyclic) bond motifs is 1. The number of likely N-dealkylation sites (N-methyl/N-ethyl adjacent to an activating group) is 1. The lowest BCUT2D eigenvalue weighted by Gasteiger charge is -2.21. The van der Waals surface area contributed by atoms with E-state index in [-0.39, 0.29) is 0 Å². The van der Waals surface area contributed by atoms with Gasteiger partial charge in [0.05, 0.1) is 12.1 Å². The summed E-state index contributed by atoms with van der Waals surface area (Å²) in [6, 6.07) is 20.1. The van der Waals surface area contributed by atoms with Crippen LogP contribution in [0.3, 0.4) is 0 Å². The molecule has 2 heterocycles. The summed E-state index contributed by atoms with van der Waals surface area (Å²) in [6.07, 6.45) is 4.64. The molecule has 0 N–H and O–H groups in total. The van der Waals surface area contributed by atoms with E-state index < -0.39 is 0 Å². The fourth-order valence-electron chi connectivity index (χ4n) is 3.21. The largest absolute Gasteiger partial charge is 0.492 e. The van der Waals surface area contributed by atoms with Crippen molar-refractivity contribution in [2.45, 2.75) is 13.3 Å². The van der Waals surface area contributed by atoms with Crippen LogP contribution in [0.15, 0.2) is 73.1 Å². The minimum atomic E-state index is 0.570. The third-order valence-electron chi connectivity index (χ3n) is 4.84. The molecule has 0 spiro atoms. The van der Waals surface area contributed by atoms with E-state index in [0.29, 0.717) is 19.0 Å². The lowest BCUT2D eigenvalue weighted by molar-refractivity contribution is 0.326. The van der Waals surface area contributed by atoms with Gasteiger partial charge in [-0.05, 0) is 42.3 Å². The molecule has 0 amide bonds. The summed E-state index contributed by atoms with van der Waals surface area (Å²) in [6.45, 7) is 3.40. The predicted octanol–water partition coefficient (Wildman–Crippen LogP) is 4.77. The SMILES string of the molecule is CCc1cncc(-c2nc(N(C)CCOc3ccccc3)c3ccccc3n2)c1. The molecule has 0 bridgehead atoms. The summed E-state index contributed by atoms with van der Waals surface area (Å²) in [4.78, 5) is 16.1. The van der Waals surface area contributed by atoms with Crippen molar-refractivity contribution in [3.8, 4) is 17.1 Å². The lowest BCUT2D eigenvalue weighted by atomic mass is 10.1. The number of para-hydroxylation sites is 2. The summed E-state index contributed by atoms with van der Waals surface area (Å²) in [5.74, 6) is 2.46. The van der Waals surface area contributed by atoms with Crippen molar-refractivity contribution < 1.29 is 4.74 Å². The molecule has 4 aromatic rings. The quantitative estimate of drug-likeness (QED) is 0.459. The van der Waals surface area contributed by atoms with Gasteiger partial charge in [-0.25, -0.2) is 9.97 Å². The van der Waals surface area contributed by atoms with Crippen LogP contribution in [0.25, 0.3) is 22.3 Å². The molecule has 0 saturated heterocycles. The van der Waals surface area contributed by atoms with Crippen molar-refractivity contribution in [2.24, 2.45) is 0 Å². The fraction of sp³-hybridized carbons (Fsp3) is 0.208. The number of anilines is 1. The zero-order valence-electron chi connectivity index (χ0n) is 16.7. The van der Waals surface area contributed by atoms with Gasteiger partial charge in [0.15, 0.2) is 5.82 Å². The van der Waals surface area contributed by atoms with Gasteiger partial charge in [0.1, 0.15) is 18.2 Å². The van der Waals surface area contributed by atoms with E-state index in [1.807, 2.05) is 68.0 Å². The van der Waals surface area contributed by atoms with Crippen LogP contribution in [0.2, 0.25) is 0 Å². The zero-order valence-corrected chi connectivity index (χ0v) is 16.7. The second-order valence-electron chi connectivity index (χ2n) is 6.91. The van der Waals surface area contributed by atoms with Crippen molar-refractivity contribution in [3.05, 3.63) is 78.6 Å². The maximum atomic E-state index is 5.86. The van der Waals surface area contributed by atoms with E-state index in [2.05, 4.69) is 28.9 Å². The van der Waals surface area contributed by atoms with Gasteiger partial charge in [0.25, 0.3) is 0 Å². The molecule has 5 heteroatoms. The molecular formula is C24H24N4O. The first-order valence-electron chi connectivity index (χ1n) is 9.84. The van der Waals surface area contributed by atoms with Crippen molar-refractivity contribution in [2.75, 3.05) is 25.1 Å². The second kappa shape index (κ2) is 8.69. The number of rotatable bonds is 7. The number of ether oxygens (including phenoxy) is 1. The summed E-state index contributed by atoms with van der Waals surface area (Å²) < 4.78 is 5.86. The van der Waals surface area contributed by atoms with E-state index >= 15 is 0 Å². The van der Waals surface area contributed by atoms with Crippen LogP contribution in [0, 0.1) is 0 Å². The first-order chi connectivity index (χ1) is 14.2. The van der Waals surface area contributed by atoms with Gasteiger partial charge in [0.2, 0.25) is 0 Å². The number of nitrogens with zero attached hydrogens (tertiary/aromatic N) is 4. The van der Waals surface area contributed by atoms with Gasteiger partial charge in [-0.2, -0.15) is 0 Å². The Morgan fingerprint density at radius 1 is 0.931 bits per heavy atom. The van der Waals surface area contributed by atoms with E-state index in [9.17, 15) is 0 Å². The molecule has 0 unspecified atom stereocenters. The highest BCUT2D eigenvalue weighted by Gasteiger charge is 2.13. The number of benzene rings is 2. The molecule has 0 saturated carbocycles. The van der Waals surface area contributed by atoms with E-state index in [1.54, 1.807) is 0 Å². The van der Waals surface area contributed by atoms with Crippen molar-refractivity contribution in [1.82, 2.24) is 15.0 Å². The minimum absolute atomic E-state index is 0.570. The maximum absolute atomic E-state index is 5.86. The maximum Gasteiger partial charge on any atom is 0.163 e. The summed E-state index contributed by atoms with van der Waals surface area (Å²) in [7, 11) is 2.04. The first kappa shape index (κ1) is 18.9. The van der Waals surface area contributed by atoms with Crippen LogP contribution in [-0.4, -0.2) is 35.2 Å². The van der Waals surface area contributed by atoms with Gasteiger partial charge in [0, 0.05) is 30.4 Å². The summed E-state index contributed by atoms with van der Waals surface area (Å²) in [5.41, 5.74) is 3.03. The highest BCUT2D eigenvalue weighted by Crippen LogP contribution is 2.27. The minimum Gasteiger partial charge on any atom is -0.492 e. The molecule has 4 rings (SSSR count). The van der Waals surface area contributed by atoms with E-state index in [1.165, 1.54) is 5.56 Å². The van der Waals surface area contributed by atoms with Crippen LogP contribution in [0.5, 0.6) is 5.75 Å². The first-order valence-corrected chi connectivity index (χ1v) is 9.84. The third-order valence-corrected chi connectivity index (χ3v) is 4.84. The molecule has 2 aromatic heterocycles. The number of aryl methyl sites for hydroxylation is 1. The number of aromatic nitrogens is 3. The second-order valence-corrected chi connectivity index (χ2v) is 6.91. The highest BCUT2D eigenvalue weighted by molar-refractivity contribution is 5.90. The van der Waals surface area contributed by atoms with Crippen molar-refractivity contribution in [1.29, 1.82) is 0 Å². The van der Waals surface area contributed by atoms with Crippen molar-refractivity contribution in [3.63, 3.8) is 0 Å². The lowest BCUT2D eigenvalue weighted by Crippen LogP contribution is -2.25. The van der Waals surface area contributed by atoms with E-state index in [4.69, 9.17) is 14.7 Å². The number of hydrogen-bond donors (Lipinski definition) is 0. The Balaban J connectivity index is 1.63. The molecule has 0 radical (unpaired) electrons. The molecule has 29 heavy (non-hydrogen) atoms. The Kier molecular flexibility index (Phi) is 5.66. The third kappa shape index (κ3) is 4.35. The predicted molar refractivity (Wildman–Crippen MR) is 117 cm³/mol. The molecule has 0 aliphatic heterocycles. The summed E-state index contributed by atoms with van der Waals surface area (Å²) >= 11 is 0. The topological polar surface area (TPSA) is 51.1 Å². The molecular weight excluding hydrogens is 360 g/mol. The van der Waals surface area contributed by atoms with E-state index in [0.717, 1.165) is 34.5 Å². The Labute approximate surface area is 171 Å². The fourth-order valence-corrected chi connectivity index (χ4v) is 3.21. The Morgan fingerprint density at radius 2 is 1.72 bits per heavy atom. The molecule has 146 valence electrons. The zero-order chi connectivity index (χ0) is 20.1. The Hall–Kier alpha value is -3.47. The standard InChI is InChI=1S/C24H24N4O/c1-3-18-15-19(17-25-16-18)23-26-22-12-8-7-11-21(22)24(27-23)28(2)13-14-29-20-9-5-4-6-10-20/h4-12,15-17H,3,13-14H2,1-2H3. The summed E-state index contributed by atoms with van der Waals surface area (Å²) in [5, 5.41) is 1.03. The molecule has 5 nitrogen and oxygen atoms in total. The molecule has 0 fully saturated rings. The average Bonchev–Trinajstić information content (AvgIpc) is 2.79. The van der Waals surface area contributed by atoms with Crippen LogP contribution < -0.4 is 9.64 Å². The number of pyridine rings is 1. The Morgan fingerprint density at radius 3 is 2.55 bits per heavy atom. The van der Waals surface area contributed by atoms with Gasteiger partial charge >= 0.3 is 0 Å². The van der Waals surface area contributed by atoms with Gasteiger partial charge in [-0.15, -0.1) is 0 Å². The van der Waals surface area contributed by atoms with Crippen LogP contribution in [-0.2, 0) is 6.42 Å². The molecule has 0 atom stereocenters. The van der Waals surface area contributed by atoms with Crippen LogP contribution in [0.1, 0.15) is 12.5 Å².